The summed E-state index contributed by atoms with van der Waals surface area (Å²) in [5.41, 5.74) is 0. The van der Waals surface area contributed by atoms with Gasteiger partial charge in [-0.05, 0) is 44.1 Å². The zero-order valence-electron chi connectivity index (χ0n) is 15.7. The molecule has 1 fully saturated rings. The molecule has 8 nitrogen and oxygen atoms in total. The van der Waals surface area contributed by atoms with E-state index in [2.05, 4.69) is 10.00 Å². The standard InChI is InChI=1S/C19H23N3O5S/c1-2-24-18(23)13-7-9-21(10-8-13)12-22-19(28)27-17(20-22)16-11-25-14-5-3-4-6-15(14)26-16/h3-6,13,16H,2,7-12H2,1H3/t16-/m1/s1. The largest absolute Gasteiger partial charge is 0.485 e. The van der Waals surface area contributed by atoms with Crippen LogP contribution in [-0.2, 0) is 16.2 Å². The van der Waals surface area contributed by atoms with Crippen molar-refractivity contribution in [2.75, 3.05) is 26.3 Å². The topological polar surface area (TPSA) is 79.0 Å². The Labute approximate surface area is 168 Å². The predicted molar refractivity (Wildman–Crippen MR) is 102 cm³/mol. The maximum absolute atomic E-state index is 11.9. The smallest absolute Gasteiger partial charge is 0.309 e. The van der Waals surface area contributed by atoms with Crippen LogP contribution in [0.3, 0.4) is 0 Å². The molecule has 150 valence electrons. The first-order valence-electron chi connectivity index (χ1n) is 9.49. The summed E-state index contributed by atoms with van der Waals surface area (Å²) in [7, 11) is 0. The van der Waals surface area contributed by atoms with Gasteiger partial charge in [-0.25, -0.2) is 4.68 Å². The molecule has 0 bridgehead atoms. The number of carbonyl (C=O) groups excluding carboxylic acids is 1. The van der Waals surface area contributed by atoms with Crippen molar-refractivity contribution >= 4 is 18.2 Å². The maximum atomic E-state index is 11.9. The summed E-state index contributed by atoms with van der Waals surface area (Å²) in [6.07, 6.45) is 1.10. The lowest BCUT2D eigenvalue weighted by atomic mass is 9.97. The van der Waals surface area contributed by atoms with Gasteiger partial charge >= 0.3 is 5.97 Å². The van der Waals surface area contributed by atoms with Crippen molar-refractivity contribution in [2.24, 2.45) is 5.92 Å². The van der Waals surface area contributed by atoms with E-state index in [4.69, 9.17) is 30.8 Å². The van der Waals surface area contributed by atoms with E-state index in [9.17, 15) is 4.79 Å². The van der Waals surface area contributed by atoms with Crippen molar-refractivity contribution in [1.82, 2.24) is 14.7 Å². The molecule has 2 aliphatic rings. The van der Waals surface area contributed by atoms with Crippen LogP contribution in [0.15, 0.2) is 28.7 Å². The quantitative estimate of drug-likeness (QED) is 0.555. The van der Waals surface area contributed by atoms with Gasteiger partial charge in [-0.2, -0.15) is 0 Å². The van der Waals surface area contributed by atoms with E-state index in [0.717, 1.165) is 25.9 Å². The third-order valence-corrected chi connectivity index (χ3v) is 5.24. The predicted octanol–water partition coefficient (Wildman–Crippen LogP) is 2.95. The maximum Gasteiger partial charge on any atom is 0.309 e. The Morgan fingerprint density at radius 1 is 1.29 bits per heavy atom. The molecule has 3 heterocycles. The minimum atomic E-state index is -0.438. The van der Waals surface area contributed by atoms with Gasteiger partial charge < -0.3 is 18.6 Å². The molecule has 1 aromatic carbocycles. The summed E-state index contributed by atoms with van der Waals surface area (Å²) < 4.78 is 24.1. The van der Waals surface area contributed by atoms with E-state index >= 15 is 0 Å². The van der Waals surface area contributed by atoms with Crippen LogP contribution >= 0.6 is 12.2 Å². The third-order valence-electron chi connectivity index (χ3n) is 4.95. The van der Waals surface area contributed by atoms with Crippen LogP contribution in [0.1, 0.15) is 31.8 Å². The molecule has 9 heteroatoms. The number of ether oxygens (including phenoxy) is 3. The van der Waals surface area contributed by atoms with E-state index in [1.54, 1.807) is 4.68 Å². The average Bonchev–Trinajstić information content (AvgIpc) is 3.08. The first kappa shape index (κ1) is 18.9. The minimum absolute atomic E-state index is 0.0232. The SMILES string of the molecule is CCOC(=O)C1CCN(Cn2nc([C@H]3COc4ccccc4O3)oc2=S)CC1. The molecule has 0 amide bonds. The molecule has 1 atom stereocenters. The third kappa shape index (κ3) is 4.05. The molecule has 2 aliphatic heterocycles. The number of para-hydroxylation sites is 2. The van der Waals surface area contributed by atoms with Gasteiger partial charge in [-0.3, -0.25) is 9.69 Å². The number of hydrogen-bond acceptors (Lipinski definition) is 8. The van der Waals surface area contributed by atoms with Gasteiger partial charge in [0.25, 0.3) is 10.7 Å². The highest BCUT2D eigenvalue weighted by molar-refractivity contribution is 7.71. The van der Waals surface area contributed by atoms with Crippen molar-refractivity contribution in [1.29, 1.82) is 0 Å². The molecule has 4 rings (SSSR count). The molecule has 1 saturated heterocycles. The molecular weight excluding hydrogens is 382 g/mol. The highest BCUT2D eigenvalue weighted by Crippen LogP contribution is 2.35. The Morgan fingerprint density at radius 3 is 2.79 bits per heavy atom. The van der Waals surface area contributed by atoms with Crippen LogP contribution in [0.25, 0.3) is 0 Å². The summed E-state index contributed by atoms with van der Waals surface area (Å²) in [6, 6.07) is 7.49. The molecule has 0 N–H and O–H groups in total. The van der Waals surface area contributed by atoms with Gasteiger partial charge in [-0.1, -0.05) is 12.1 Å². The van der Waals surface area contributed by atoms with Crippen LogP contribution in [0.5, 0.6) is 11.5 Å². The van der Waals surface area contributed by atoms with Crippen LogP contribution in [0, 0.1) is 10.8 Å². The van der Waals surface area contributed by atoms with E-state index in [1.807, 2.05) is 31.2 Å². The van der Waals surface area contributed by atoms with Crippen LogP contribution in [-0.4, -0.2) is 47.0 Å². The number of fused-ring (bicyclic) bond motifs is 1. The number of esters is 1. The number of hydrogen-bond donors (Lipinski definition) is 0. The summed E-state index contributed by atoms with van der Waals surface area (Å²) in [5, 5.41) is 4.49. The number of piperidine rings is 1. The lowest BCUT2D eigenvalue weighted by molar-refractivity contribution is -0.149. The highest BCUT2D eigenvalue weighted by atomic mass is 32.1. The Bertz CT molecular complexity index is 888. The number of rotatable bonds is 5. The first-order valence-corrected chi connectivity index (χ1v) is 9.90. The molecule has 1 aromatic heterocycles. The molecule has 0 spiro atoms. The molecular formula is C19H23N3O5S. The number of benzene rings is 1. The number of aromatic nitrogens is 2. The van der Waals surface area contributed by atoms with Crippen LogP contribution in [0.2, 0.25) is 0 Å². The van der Waals surface area contributed by atoms with Crippen LogP contribution < -0.4 is 9.47 Å². The Kier molecular flexibility index (Phi) is 5.63. The van der Waals surface area contributed by atoms with Crippen LogP contribution in [0.4, 0.5) is 0 Å². The summed E-state index contributed by atoms with van der Waals surface area (Å²) in [6.45, 7) is 4.65. The molecule has 0 aliphatic carbocycles. The normalized spacial score (nSPS) is 20.1. The second-order valence-corrected chi connectivity index (χ2v) is 7.20. The van der Waals surface area contributed by atoms with Crippen molar-refractivity contribution in [3.63, 3.8) is 0 Å². The fourth-order valence-electron chi connectivity index (χ4n) is 3.44. The van der Waals surface area contributed by atoms with Gasteiger partial charge in [0.15, 0.2) is 11.5 Å². The minimum Gasteiger partial charge on any atom is -0.485 e. The number of carbonyl (C=O) groups is 1. The van der Waals surface area contributed by atoms with Gasteiger partial charge in [0.2, 0.25) is 6.10 Å². The Morgan fingerprint density at radius 2 is 2.04 bits per heavy atom. The summed E-state index contributed by atoms with van der Waals surface area (Å²) >= 11 is 5.32. The zero-order chi connectivity index (χ0) is 19.5. The molecule has 28 heavy (non-hydrogen) atoms. The molecule has 2 aromatic rings. The fourth-order valence-corrected chi connectivity index (χ4v) is 3.63. The van der Waals surface area contributed by atoms with Crippen molar-refractivity contribution in [2.45, 2.75) is 32.5 Å². The highest BCUT2D eigenvalue weighted by Gasteiger charge is 2.29. The van der Waals surface area contributed by atoms with E-state index in [1.165, 1.54) is 0 Å². The van der Waals surface area contributed by atoms with Crippen molar-refractivity contribution in [3.05, 3.63) is 35.0 Å². The lowest BCUT2D eigenvalue weighted by Crippen LogP contribution is -2.38. The van der Waals surface area contributed by atoms with Gasteiger partial charge in [-0.15, -0.1) is 5.10 Å². The Hall–Kier alpha value is -2.39. The zero-order valence-corrected chi connectivity index (χ0v) is 16.5. The summed E-state index contributed by atoms with van der Waals surface area (Å²) in [4.78, 5) is 14.4. The fraction of sp³-hybridized carbons (Fsp3) is 0.526. The van der Waals surface area contributed by atoms with Gasteiger partial charge in [0.1, 0.15) is 6.61 Å². The molecule has 0 saturated carbocycles. The second kappa shape index (κ2) is 8.32. The van der Waals surface area contributed by atoms with Gasteiger partial charge in [0, 0.05) is 13.1 Å². The van der Waals surface area contributed by atoms with Crippen molar-refractivity contribution in [3.8, 4) is 11.5 Å². The van der Waals surface area contributed by atoms with Gasteiger partial charge in [0.05, 0.1) is 19.2 Å². The average molecular weight is 405 g/mol. The number of nitrogens with zero attached hydrogens (tertiary/aromatic N) is 3. The first-order chi connectivity index (χ1) is 13.6. The molecule has 0 unspecified atom stereocenters. The van der Waals surface area contributed by atoms with E-state index in [0.29, 0.717) is 42.1 Å². The van der Waals surface area contributed by atoms with E-state index < -0.39 is 6.10 Å². The number of likely N-dealkylation sites (tertiary alicyclic amines) is 1. The lowest BCUT2D eigenvalue weighted by Gasteiger charge is -2.30. The van der Waals surface area contributed by atoms with Crippen molar-refractivity contribution < 1.29 is 23.4 Å². The second-order valence-electron chi connectivity index (χ2n) is 6.86. The van der Waals surface area contributed by atoms with E-state index in [-0.39, 0.29) is 11.9 Å². The Balaban J connectivity index is 1.37. The summed E-state index contributed by atoms with van der Waals surface area (Å²) in [5.74, 6) is 1.65. The molecule has 0 radical (unpaired) electrons. The monoisotopic (exact) mass is 405 g/mol.